The number of hydrogen-bond donors (Lipinski definition) is 1. The van der Waals surface area contributed by atoms with Crippen LogP contribution in [0.1, 0.15) is 42.6 Å². The number of carbonyl (C=O) groups excluding carboxylic acids is 1. The summed E-state index contributed by atoms with van der Waals surface area (Å²) >= 11 is 0. The summed E-state index contributed by atoms with van der Waals surface area (Å²) in [6.07, 6.45) is 1.08. The minimum atomic E-state index is -3.46. The van der Waals surface area contributed by atoms with Crippen LogP contribution in [0.2, 0.25) is 0 Å². The van der Waals surface area contributed by atoms with Gasteiger partial charge in [-0.2, -0.15) is 0 Å². The summed E-state index contributed by atoms with van der Waals surface area (Å²) in [4.78, 5) is 12.7. The number of anilines is 1. The van der Waals surface area contributed by atoms with Gasteiger partial charge in [0.05, 0.1) is 22.9 Å². The summed E-state index contributed by atoms with van der Waals surface area (Å²) in [5.74, 6) is 0.0959. The summed E-state index contributed by atoms with van der Waals surface area (Å²) in [6, 6.07) is 11.7. The van der Waals surface area contributed by atoms with Gasteiger partial charge in [-0.3, -0.25) is 4.79 Å². The lowest BCUT2D eigenvalue weighted by atomic mass is 10.1. The molecule has 0 bridgehead atoms. The fourth-order valence-corrected chi connectivity index (χ4v) is 4.66. The van der Waals surface area contributed by atoms with E-state index in [1.54, 1.807) is 24.3 Å². The highest BCUT2D eigenvalue weighted by Gasteiger charge is 2.25. The van der Waals surface area contributed by atoms with Gasteiger partial charge in [0.1, 0.15) is 5.75 Å². The molecule has 0 aliphatic carbocycles. The molecule has 0 fully saturated rings. The van der Waals surface area contributed by atoms with Crippen molar-refractivity contribution in [1.29, 1.82) is 0 Å². The molecule has 0 saturated heterocycles. The van der Waals surface area contributed by atoms with Gasteiger partial charge in [-0.1, -0.05) is 31.5 Å². The van der Waals surface area contributed by atoms with Crippen LogP contribution >= 0.6 is 0 Å². The molecule has 5 nitrogen and oxygen atoms in total. The van der Waals surface area contributed by atoms with E-state index in [1.165, 1.54) is 19.2 Å². The fourth-order valence-electron chi connectivity index (χ4n) is 2.86. The highest BCUT2D eigenvalue weighted by Crippen LogP contribution is 2.30. The molecule has 0 radical (unpaired) electrons. The lowest BCUT2D eigenvalue weighted by Gasteiger charge is -2.16. The van der Waals surface area contributed by atoms with Crippen LogP contribution in [0.5, 0.6) is 5.75 Å². The average molecular weight is 375 g/mol. The molecule has 0 saturated carbocycles. The normalized spacial score (nSPS) is 11.4. The van der Waals surface area contributed by atoms with Crippen LogP contribution in [0, 0.1) is 6.92 Å². The summed E-state index contributed by atoms with van der Waals surface area (Å²) in [7, 11) is -1.98. The van der Waals surface area contributed by atoms with Gasteiger partial charge in [0.25, 0.3) is 5.91 Å². The Hall–Kier alpha value is -2.34. The molecule has 6 heteroatoms. The highest BCUT2D eigenvalue weighted by atomic mass is 32.2. The molecule has 0 aromatic heterocycles. The molecular formula is C20H25NO4S. The van der Waals surface area contributed by atoms with E-state index >= 15 is 0 Å². The Labute approximate surface area is 155 Å². The van der Waals surface area contributed by atoms with E-state index in [0.29, 0.717) is 29.8 Å². The Kier molecular flexibility index (Phi) is 6.42. The molecule has 0 unspecified atom stereocenters. The second kappa shape index (κ2) is 8.36. The van der Waals surface area contributed by atoms with E-state index in [1.807, 2.05) is 26.8 Å². The van der Waals surface area contributed by atoms with Crippen molar-refractivity contribution >= 4 is 21.4 Å². The van der Waals surface area contributed by atoms with Crippen molar-refractivity contribution in [2.45, 2.75) is 43.8 Å². The number of ether oxygens (including phenoxy) is 1. The molecule has 0 heterocycles. The van der Waals surface area contributed by atoms with E-state index < -0.39 is 15.1 Å². The quantitative estimate of drug-likeness (QED) is 0.786. The molecule has 0 spiro atoms. The Balaban J connectivity index is 2.40. The number of amides is 1. The van der Waals surface area contributed by atoms with Gasteiger partial charge in [-0.15, -0.1) is 0 Å². The number of benzene rings is 2. The zero-order valence-electron chi connectivity index (χ0n) is 15.6. The molecule has 0 aliphatic rings. The lowest BCUT2D eigenvalue weighted by molar-refractivity contribution is 0.102. The van der Waals surface area contributed by atoms with Crippen LogP contribution in [-0.2, 0) is 9.84 Å². The Morgan fingerprint density at radius 2 is 1.81 bits per heavy atom. The van der Waals surface area contributed by atoms with Gasteiger partial charge in [-0.05, 0) is 50.1 Å². The zero-order valence-corrected chi connectivity index (χ0v) is 16.4. The molecule has 2 aromatic carbocycles. The van der Waals surface area contributed by atoms with Crippen molar-refractivity contribution in [2.75, 3.05) is 12.4 Å². The third-order valence-electron chi connectivity index (χ3n) is 4.38. The predicted octanol–water partition coefficient (Wildman–Crippen LogP) is 4.22. The summed E-state index contributed by atoms with van der Waals surface area (Å²) in [5.41, 5.74) is 1.81. The van der Waals surface area contributed by atoms with Crippen molar-refractivity contribution in [2.24, 2.45) is 0 Å². The van der Waals surface area contributed by atoms with Gasteiger partial charge < -0.3 is 10.1 Å². The first-order valence-electron chi connectivity index (χ1n) is 8.63. The summed E-state index contributed by atoms with van der Waals surface area (Å²) in [6.45, 7) is 5.62. The third kappa shape index (κ3) is 4.25. The maximum atomic E-state index is 12.8. The van der Waals surface area contributed by atoms with Crippen LogP contribution in [0.3, 0.4) is 0 Å². The SMILES string of the molecule is CCC(CC)S(=O)(=O)c1ccc(OC)c(NC(=O)c2cccc(C)c2)c1. The Bertz CT molecular complexity index is 886. The summed E-state index contributed by atoms with van der Waals surface area (Å²) < 4.78 is 30.9. The average Bonchev–Trinajstić information content (AvgIpc) is 2.62. The van der Waals surface area contributed by atoms with Crippen molar-refractivity contribution < 1.29 is 17.9 Å². The van der Waals surface area contributed by atoms with Gasteiger partial charge in [-0.25, -0.2) is 8.42 Å². The zero-order chi connectivity index (χ0) is 19.3. The van der Waals surface area contributed by atoms with Crippen LogP contribution in [0.25, 0.3) is 0 Å². The summed E-state index contributed by atoms with van der Waals surface area (Å²) in [5, 5.41) is 2.32. The first-order chi connectivity index (χ1) is 12.3. The maximum absolute atomic E-state index is 12.8. The molecule has 1 N–H and O–H groups in total. The number of sulfone groups is 1. The molecule has 1 amide bonds. The van der Waals surface area contributed by atoms with Crippen LogP contribution in [0.15, 0.2) is 47.4 Å². The Morgan fingerprint density at radius 1 is 1.12 bits per heavy atom. The van der Waals surface area contributed by atoms with Crippen LogP contribution < -0.4 is 10.1 Å². The second-order valence-corrected chi connectivity index (χ2v) is 8.40. The predicted molar refractivity (Wildman–Crippen MR) is 104 cm³/mol. The van der Waals surface area contributed by atoms with Crippen molar-refractivity contribution in [3.05, 3.63) is 53.6 Å². The van der Waals surface area contributed by atoms with Crippen molar-refractivity contribution in [3.63, 3.8) is 0 Å². The molecule has 2 rings (SSSR count). The van der Waals surface area contributed by atoms with Gasteiger partial charge in [0, 0.05) is 5.56 Å². The van der Waals surface area contributed by atoms with E-state index in [9.17, 15) is 13.2 Å². The number of nitrogens with one attached hydrogen (secondary N) is 1. The van der Waals surface area contributed by atoms with Gasteiger partial charge in [0.2, 0.25) is 0 Å². The van der Waals surface area contributed by atoms with E-state index in [2.05, 4.69) is 5.32 Å². The van der Waals surface area contributed by atoms with E-state index in [-0.39, 0.29) is 10.8 Å². The first kappa shape index (κ1) is 20.0. The standard InChI is InChI=1S/C20H25NO4S/c1-5-16(6-2)26(23,24)17-10-11-19(25-4)18(13-17)21-20(22)15-9-7-8-14(3)12-15/h7-13,16H,5-6H2,1-4H3,(H,21,22). The minimum absolute atomic E-state index is 0.187. The van der Waals surface area contributed by atoms with Crippen molar-refractivity contribution in [1.82, 2.24) is 0 Å². The number of carbonyl (C=O) groups is 1. The molecule has 26 heavy (non-hydrogen) atoms. The third-order valence-corrected chi connectivity index (χ3v) is 6.83. The topological polar surface area (TPSA) is 72.5 Å². The smallest absolute Gasteiger partial charge is 0.255 e. The molecule has 140 valence electrons. The number of hydrogen-bond acceptors (Lipinski definition) is 4. The van der Waals surface area contributed by atoms with Gasteiger partial charge >= 0.3 is 0 Å². The number of methoxy groups -OCH3 is 1. The number of aryl methyl sites for hydroxylation is 1. The highest BCUT2D eigenvalue weighted by molar-refractivity contribution is 7.92. The maximum Gasteiger partial charge on any atom is 0.255 e. The molecule has 0 aliphatic heterocycles. The second-order valence-electron chi connectivity index (χ2n) is 6.17. The first-order valence-corrected chi connectivity index (χ1v) is 10.2. The molecule has 2 aromatic rings. The van der Waals surface area contributed by atoms with Crippen LogP contribution in [-0.4, -0.2) is 26.7 Å². The van der Waals surface area contributed by atoms with Crippen molar-refractivity contribution in [3.8, 4) is 5.75 Å². The van der Waals surface area contributed by atoms with Crippen LogP contribution in [0.4, 0.5) is 5.69 Å². The van der Waals surface area contributed by atoms with Gasteiger partial charge in [0.15, 0.2) is 9.84 Å². The lowest BCUT2D eigenvalue weighted by Crippen LogP contribution is -2.20. The monoisotopic (exact) mass is 375 g/mol. The largest absolute Gasteiger partial charge is 0.495 e. The molecular weight excluding hydrogens is 350 g/mol. The van der Waals surface area contributed by atoms with E-state index in [0.717, 1.165) is 5.56 Å². The Morgan fingerprint density at radius 3 is 2.38 bits per heavy atom. The minimum Gasteiger partial charge on any atom is -0.495 e. The fraction of sp³-hybridized carbons (Fsp3) is 0.350. The number of rotatable bonds is 7. The van der Waals surface area contributed by atoms with E-state index in [4.69, 9.17) is 4.74 Å². The molecule has 0 atom stereocenters.